The summed E-state index contributed by atoms with van der Waals surface area (Å²) < 4.78 is 24.6. The van der Waals surface area contributed by atoms with Crippen molar-refractivity contribution in [3.8, 4) is 11.5 Å². The molecule has 27 heavy (non-hydrogen) atoms. The van der Waals surface area contributed by atoms with Gasteiger partial charge in [0.1, 0.15) is 12.4 Å². The van der Waals surface area contributed by atoms with Crippen molar-refractivity contribution in [3.05, 3.63) is 95.6 Å². The fourth-order valence-corrected chi connectivity index (χ4v) is 2.51. The second-order valence-corrected chi connectivity index (χ2v) is 5.73. The quantitative estimate of drug-likeness (QED) is 0.451. The van der Waals surface area contributed by atoms with Gasteiger partial charge >= 0.3 is 0 Å². The monoisotopic (exact) mass is 363 g/mol. The van der Waals surface area contributed by atoms with Crippen LogP contribution in [-0.2, 0) is 6.61 Å². The van der Waals surface area contributed by atoms with Crippen molar-refractivity contribution >= 4 is 11.9 Å². The largest absolute Gasteiger partial charge is 0.496 e. The number of halogens is 1. The lowest BCUT2D eigenvalue weighted by molar-refractivity contribution is 0.104. The lowest BCUT2D eigenvalue weighted by Crippen LogP contribution is -2.00. The van der Waals surface area contributed by atoms with Crippen LogP contribution in [0.5, 0.6) is 11.5 Å². The number of hydrogen-bond donors (Lipinski definition) is 0. The van der Waals surface area contributed by atoms with Gasteiger partial charge in [-0.3, -0.25) is 9.78 Å². The average molecular weight is 363 g/mol. The molecule has 3 aromatic rings. The SMILES string of the molecule is COc1ccc(/C=C/C(=O)c2cccnc2)cc1COc1ccccc1F. The minimum Gasteiger partial charge on any atom is -0.496 e. The van der Waals surface area contributed by atoms with Gasteiger partial charge in [0.15, 0.2) is 17.3 Å². The Morgan fingerprint density at radius 1 is 1.11 bits per heavy atom. The molecule has 136 valence electrons. The average Bonchev–Trinajstić information content (AvgIpc) is 2.72. The molecule has 0 radical (unpaired) electrons. The predicted octanol–water partition coefficient (Wildman–Crippen LogP) is 4.70. The highest BCUT2D eigenvalue weighted by atomic mass is 19.1. The number of ether oxygens (including phenoxy) is 2. The summed E-state index contributed by atoms with van der Waals surface area (Å²) in [5.74, 6) is 0.243. The van der Waals surface area contributed by atoms with E-state index in [2.05, 4.69) is 4.98 Å². The van der Waals surface area contributed by atoms with Crippen molar-refractivity contribution in [2.24, 2.45) is 0 Å². The first kappa shape index (κ1) is 18.3. The van der Waals surface area contributed by atoms with E-state index >= 15 is 0 Å². The molecule has 4 nitrogen and oxygen atoms in total. The van der Waals surface area contributed by atoms with E-state index in [4.69, 9.17) is 9.47 Å². The number of nitrogens with zero attached hydrogens (tertiary/aromatic N) is 1. The molecule has 0 aliphatic carbocycles. The number of methoxy groups -OCH3 is 1. The zero-order valence-corrected chi connectivity index (χ0v) is 14.8. The van der Waals surface area contributed by atoms with Crippen molar-refractivity contribution < 1.29 is 18.7 Å². The van der Waals surface area contributed by atoms with Crippen LogP contribution in [0.3, 0.4) is 0 Å². The Hall–Kier alpha value is -3.47. The third-order valence-electron chi connectivity index (χ3n) is 3.90. The molecule has 1 heterocycles. The van der Waals surface area contributed by atoms with Gasteiger partial charge < -0.3 is 9.47 Å². The number of allylic oxidation sites excluding steroid dienone is 1. The molecule has 0 N–H and O–H groups in total. The summed E-state index contributed by atoms with van der Waals surface area (Å²) in [5, 5.41) is 0. The van der Waals surface area contributed by atoms with Gasteiger partial charge in [0.2, 0.25) is 0 Å². The van der Waals surface area contributed by atoms with Crippen molar-refractivity contribution in [2.45, 2.75) is 6.61 Å². The van der Waals surface area contributed by atoms with E-state index in [1.54, 1.807) is 55.8 Å². The molecule has 3 rings (SSSR count). The van der Waals surface area contributed by atoms with Gasteiger partial charge in [-0.1, -0.05) is 24.3 Å². The second-order valence-electron chi connectivity index (χ2n) is 5.73. The fraction of sp³-hybridized carbons (Fsp3) is 0.0909. The number of hydrogen-bond acceptors (Lipinski definition) is 4. The van der Waals surface area contributed by atoms with Crippen LogP contribution in [0.15, 0.2) is 73.1 Å². The van der Waals surface area contributed by atoms with E-state index in [0.29, 0.717) is 11.3 Å². The molecule has 1 aromatic heterocycles. The smallest absolute Gasteiger partial charge is 0.187 e. The maximum atomic E-state index is 13.7. The van der Waals surface area contributed by atoms with Gasteiger partial charge in [-0.05, 0) is 48.0 Å². The number of pyridine rings is 1. The Morgan fingerprint density at radius 3 is 2.70 bits per heavy atom. The number of carbonyl (C=O) groups excluding carboxylic acids is 1. The summed E-state index contributed by atoms with van der Waals surface area (Å²) in [7, 11) is 1.56. The van der Waals surface area contributed by atoms with Crippen molar-refractivity contribution in [1.29, 1.82) is 0 Å². The first-order valence-corrected chi connectivity index (χ1v) is 8.34. The molecule has 0 saturated carbocycles. The zero-order valence-electron chi connectivity index (χ0n) is 14.8. The summed E-state index contributed by atoms with van der Waals surface area (Å²) in [5.41, 5.74) is 2.07. The summed E-state index contributed by atoms with van der Waals surface area (Å²) in [6.07, 6.45) is 6.34. The Bertz CT molecular complexity index is 955. The number of ketones is 1. The third-order valence-corrected chi connectivity index (χ3v) is 3.90. The first-order chi connectivity index (χ1) is 13.2. The fourth-order valence-electron chi connectivity index (χ4n) is 2.51. The van der Waals surface area contributed by atoms with E-state index in [1.807, 2.05) is 12.1 Å². The highest BCUT2D eigenvalue weighted by Gasteiger charge is 2.08. The number of aromatic nitrogens is 1. The minimum atomic E-state index is -0.422. The van der Waals surface area contributed by atoms with E-state index in [0.717, 1.165) is 11.1 Å². The van der Waals surface area contributed by atoms with E-state index in [9.17, 15) is 9.18 Å². The lowest BCUT2D eigenvalue weighted by Gasteiger charge is -2.11. The lowest BCUT2D eigenvalue weighted by atomic mass is 10.1. The molecule has 5 heteroatoms. The maximum Gasteiger partial charge on any atom is 0.187 e. The molecule has 0 spiro atoms. The van der Waals surface area contributed by atoms with Crippen LogP contribution in [-0.4, -0.2) is 17.9 Å². The Balaban J connectivity index is 1.76. The van der Waals surface area contributed by atoms with Crippen molar-refractivity contribution in [2.75, 3.05) is 7.11 Å². The summed E-state index contributed by atoms with van der Waals surface area (Å²) in [6.45, 7) is 0.141. The van der Waals surface area contributed by atoms with Gasteiger partial charge in [0, 0.05) is 23.5 Å². The Morgan fingerprint density at radius 2 is 1.96 bits per heavy atom. The van der Waals surface area contributed by atoms with Crippen LogP contribution < -0.4 is 9.47 Å². The van der Waals surface area contributed by atoms with Crippen LogP contribution in [0.25, 0.3) is 6.08 Å². The van der Waals surface area contributed by atoms with Crippen LogP contribution in [0.2, 0.25) is 0 Å². The molecular weight excluding hydrogens is 345 g/mol. The molecule has 0 amide bonds. The molecule has 0 fully saturated rings. The van der Waals surface area contributed by atoms with Gasteiger partial charge in [-0.25, -0.2) is 4.39 Å². The summed E-state index contributed by atoms with van der Waals surface area (Å²) in [4.78, 5) is 16.1. The maximum absolute atomic E-state index is 13.7. The highest BCUT2D eigenvalue weighted by Crippen LogP contribution is 2.24. The van der Waals surface area contributed by atoms with E-state index < -0.39 is 5.82 Å². The minimum absolute atomic E-state index is 0.136. The van der Waals surface area contributed by atoms with Gasteiger partial charge in [-0.2, -0.15) is 0 Å². The van der Waals surface area contributed by atoms with Crippen LogP contribution in [0.1, 0.15) is 21.5 Å². The van der Waals surface area contributed by atoms with Gasteiger partial charge in [0.05, 0.1) is 7.11 Å². The number of para-hydroxylation sites is 1. The molecule has 0 unspecified atom stereocenters. The Kier molecular flexibility index (Phi) is 5.94. The third kappa shape index (κ3) is 4.79. The molecule has 0 atom stereocenters. The topological polar surface area (TPSA) is 48.4 Å². The van der Waals surface area contributed by atoms with Crippen molar-refractivity contribution in [3.63, 3.8) is 0 Å². The van der Waals surface area contributed by atoms with Gasteiger partial charge in [0.25, 0.3) is 0 Å². The van der Waals surface area contributed by atoms with Crippen LogP contribution >= 0.6 is 0 Å². The van der Waals surface area contributed by atoms with E-state index in [1.165, 1.54) is 18.3 Å². The standard InChI is InChI=1S/C22H18FNO3/c1-26-21-11-9-16(8-10-20(25)17-5-4-12-24-14-17)13-18(21)15-27-22-7-3-2-6-19(22)23/h2-14H,15H2,1H3/b10-8+. The zero-order chi connectivity index (χ0) is 19.1. The predicted molar refractivity (Wildman–Crippen MR) is 101 cm³/mol. The van der Waals surface area contributed by atoms with Crippen LogP contribution in [0.4, 0.5) is 4.39 Å². The normalized spacial score (nSPS) is 10.7. The highest BCUT2D eigenvalue weighted by molar-refractivity contribution is 6.06. The number of rotatable bonds is 7. The molecular formula is C22H18FNO3. The van der Waals surface area contributed by atoms with Crippen LogP contribution in [0, 0.1) is 5.82 Å². The molecule has 0 aliphatic heterocycles. The van der Waals surface area contributed by atoms with Crippen molar-refractivity contribution in [1.82, 2.24) is 4.98 Å². The molecule has 2 aromatic carbocycles. The molecule has 0 aliphatic rings. The number of carbonyl (C=O) groups is 1. The second kappa shape index (κ2) is 8.76. The molecule has 0 bridgehead atoms. The number of benzene rings is 2. The molecule has 0 saturated heterocycles. The van der Waals surface area contributed by atoms with E-state index in [-0.39, 0.29) is 18.1 Å². The Labute approximate surface area is 156 Å². The van der Waals surface area contributed by atoms with Gasteiger partial charge in [-0.15, -0.1) is 0 Å². The summed E-state index contributed by atoms with van der Waals surface area (Å²) in [6, 6.07) is 15.1. The first-order valence-electron chi connectivity index (χ1n) is 8.34. The summed E-state index contributed by atoms with van der Waals surface area (Å²) >= 11 is 0.